The summed E-state index contributed by atoms with van der Waals surface area (Å²) in [6, 6.07) is 13.6. The highest BCUT2D eigenvalue weighted by molar-refractivity contribution is 6.30. The van der Waals surface area contributed by atoms with Crippen molar-refractivity contribution in [2.75, 3.05) is 24.5 Å². The molecule has 27 heavy (non-hydrogen) atoms. The molecule has 0 bridgehead atoms. The van der Waals surface area contributed by atoms with E-state index in [0.29, 0.717) is 12.1 Å². The number of carbonyl (C=O) groups is 2. The molecule has 2 aliphatic rings. The molecule has 2 aromatic rings. The summed E-state index contributed by atoms with van der Waals surface area (Å²) in [5.41, 5.74) is 4.29. The second-order valence-electron chi connectivity index (χ2n) is 7.39. The first kappa shape index (κ1) is 18.1. The molecule has 0 saturated carbocycles. The second kappa shape index (κ2) is 7.73. The standard InChI is InChI=1S/C22H23ClN2O2/c23-20-4-3-19-14-25(12-9-18(19)13-20)22(27)17-7-10-24(11-8-17)21-5-1-16(15-26)2-6-21/h1-6,13,15,17H,7-12,14H2. The van der Waals surface area contributed by atoms with Gasteiger partial charge in [-0.15, -0.1) is 0 Å². The number of carbonyl (C=O) groups excluding carboxylic acids is 2. The molecule has 1 saturated heterocycles. The number of rotatable bonds is 3. The Morgan fingerprint density at radius 3 is 2.44 bits per heavy atom. The molecule has 1 fully saturated rings. The number of halogens is 1. The van der Waals surface area contributed by atoms with Gasteiger partial charge in [0, 0.05) is 48.4 Å². The summed E-state index contributed by atoms with van der Waals surface area (Å²) in [6.07, 6.45) is 3.49. The van der Waals surface area contributed by atoms with Gasteiger partial charge in [0.15, 0.2) is 0 Å². The van der Waals surface area contributed by atoms with Crippen LogP contribution >= 0.6 is 11.6 Å². The molecule has 5 heteroatoms. The minimum absolute atomic E-state index is 0.101. The Morgan fingerprint density at radius 2 is 1.74 bits per heavy atom. The van der Waals surface area contributed by atoms with Crippen molar-refractivity contribution in [1.29, 1.82) is 0 Å². The van der Waals surface area contributed by atoms with E-state index < -0.39 is 0 Å². The quantitative estimate of drug-likeness (QED) is 0.754. The summed E-state index contributed by atoms with van der Waals surface area (Å²) in [7, 11) is 0. The van der Waals surface area contributed by atoms with Crippen LogP contribution in [0.2, 0.25) is 5.02 Å². The van der Waals surface area contributed by atoms with Crippen molar-refractivity contribution in [3.05, 3.63) is 64.2 Å². The van der Waals surface area contributed by atoms with Crippen molar-refractivity contribution in [1.82, 2.24) is 4.90 Å². The normalized spacial score (nSPS) is 17.5. The van der Waals surface area contributed by atoms with E-state index in [1.54, 1.807) is 0 Å². The molecule has 0 atom stereocenters. The highest BCUT2D eigenvalue weighted by Crippen LogP contribution is 2.28. The predicted molar refractivity (Wildman–Crippen MR) is 107 cm³/mol. The first-order valence-corrected chi connectivity index (χ1v) is 9.88. The van der Waals surface area contributed by atoms with Crippen LogP contribution in [0.25, 0.3) is 0 Å². The summed E-state index contributed by atoms with van der Waals surface area (Å²) >= 11 is 6.08. The number of piperidine rings is 1. The molecule has 2 heterocycles. The Labute approximate surface area is 164 Å². The lowest BCUT2D eigenvalue weighted by Crippen LogP contribution is -2.44. The van der Waals surface area contributed by atoms with Gasteiger partial charge in [-0.3, -0.25) is 9.59 Å². The minimum Gasteiger partial charge on any atom is -0.371 e. The Hall–Kier alpha value is -2.33. The van der Waals surface area contributed by atoms with Crippen LogP contribution in [0.3, 0.4) is 0 Å². The van der Waals surface area contributed by atoms with Crippen molar-refractivity contribution in [2.24, 2.45) is 5.92 Å². The maximum Gasteiger partial charge on any atom is 0.226 e. The average Bonchev–Trinajstić information content (AvgIpc) is 2.73. The fraction of sp³-hybridized carbons (Fsp3) is 0.364. The SMILES string of the molecule is O=Cc1ccc(N2CCC(C(=O)N3CCc4cc(Cl)ccc4C3)CC2)cc1. The fourth-order valence-corrected chi connectivity index (χ4v) is 4.31. The van der Waals surface area contributed by atoms with Crippen molar-refractivity contribution in [2.45, 2.75) is 25.8 Å². The van der Waals surface area contributed by atoms with Crippen molar-refractivity contribution in [3.63, 3.8) is 0 Å². The van der Waals surface area contributed by atoms with Gasteiger partial charge in [-0.25, -0.2) is 0 Å². The lowest BCUT2D eigenvalue weighted by atomic mass is 9.92. The number of amides is 1. The van der Waals surface area contributed by atoms with Gasteiger partial charge in [0.25, 0.3) is 0 Å². The molecule has 2 aliphatic heterocycles. The van der Waals surface area contributed by atoms with Gasteiger partial charge in [0.05, 0.1) is 0 Å². The van der Waals surface area contributed by atoms with E-state index in [2.05, 4.69) is 4.90 Å². The summed E-state index contributed by atoms with van der Waals surface area (Å²) < 4.78 is 0. The number of anilines is 1. The lowest BCUT2D eigenvalue weighted by molar-refractivity contribution is -0.137. The fourth-order valence-electron chi connectivity index (χ4n) is 4.12. The largest absolute Gasteiger partial charge is 0.371 e. The van der Waals surface area contributed by atoms with Crippen LogP contribution in [0.4, 0.5) is 5.69 Å². The highest BCUT2D eigenvalue weighted by Gasteiger charge is 2.30. The van der Waals surface area contributed by atoms with E-state index in [1.165, 1.54) is 11.1 Å². The minimum atomic E-state index is 0.101. The Bertz CT molecular complexity index is 842. The summed E-state index contributed by atoms with van der Waals surface area (Å²) in [5.74, 6) is 0.385. The molecule has 4 rings (SSSR count). The van der Waals surface area contributed by atoms with Gasteiger partial charge in [0.2, 0.25) is 5.91 Å². The van der Waals surface area contributed by atoms with Crippen LogP contribution < -0.4 is 4.90 Å². The van der Waals surface area contributed by atoms with Gasteiger partial charge >= 0.3 is 0 Å². The molecule has 0 aromatic heterocycles. The number of aldehydes is 1. The number of hydrogen-bond donors (Lipinski definition) is 0. The average molecular weight is 383 g/mol. The maximum absolute atomic E-state index is 13.0. The molecule has 1 amide bonds. The third-order valence-corrected chi connectivity index (χ3v) is 5.97. The van der Waals surface area contributed by atoms with Crippen LogP contribution in [0.1, 0.15) is 34.3 Å². The molecule has 0 aliphatic carbocycles. The highest BCUT2D eigenvalue weighted by atomic mass is 35.5. The van der Waals surface area contributed by atoms with E-state index in [-0.39, 0.29) is 11.8 Å². The Balaban J connectivity index is 1.36. The third-order valence-electron chi connectivity index (χ3n) is 5.73. The molecule has 0 spiro atoms. The van der Waals surface area contributed by atoms with Gasteiger partial charge in [-0.1, -0.05) is 17.7 Å². The monoisotopic (exact) mass is 382 g/mol. The Kier molecular flexibility index (Phi) is 5.17. The van der Waals surface area contributed by atoms with Gasteiger partial charge in [-0.2, -0.15) is 0 Å². The zero-order chi connectivity index (χ0) is 18.8. The Morgan fingerprint density at radius 1 is 1.00 bits per heavy atom. The van der Waals surface area contributed by atoms with E-state index >= 15 is 0 Å². The van der Waals surface area contributed by atoms with E-state index in [0.717, 1.165) is 55.9 Å². The smallest absolute Gasteiger partial charge is 0.226 e. The zero-order valence-corrected chi connectivity index (χ0v) is 16.0. The van der Waals surface area contributed by atoms with Crippen LogP contribution in [0.5, 0.6) is 0 Å². The summed E-state index contributed by atoms with van der Waals surface area (Å²) in [4.78, 5) is 28.1. The van der Waals surface area contributed by atoms with Crippen molar-refractivity contribution < 1.29 is 9.59 Å². The van der Waals surface area contributed by atoms with Gasteiger partial charge in [0.1, 0.15) is 6.29 Å². The van der Waals surface area contributed by atoms with E-state index in [4.69, 9.17) is 11.6 Å². The summed E-state index contributed by atoms with van der Waals surface area (Å²) in [5, 5.41) is 0.766. The molecule has 0 unspecified atom stereocenters. The van der Waals surface area contributed by atoms with Gasteiger partial charge in [-0.05, 0) is 66.8 Å². The van der Waals surface area contributed by atoms with Crippen LogP contribution in [-0.4, -0.2) is 36.7 Å². The van der Waals surface area contributed by atoms with E-state index in [9.17, 15) is 9.59 Å². The van der Waals surface area contributed by atoms with Gasteiger partial charge < -0.3 is 9.80 Å². The molecular formula is C22H23ClN2O2. The maximum atomic E-state index is 13.0. The zero-order valence-electron chi connectivity index (χ0n) is 15.2. The number of nitrogens with zero attached hydrogens (tertiary/aromatic N) is 2. The predicted octanol–water partition coefficient (Wildman–Crippen LogP) is 3.95. The topological polar surface area (TPSA) is 40.6 Å². The van der Waals surface area contributed by atoms with Crippen LogP contribution in [-0.2, 0) is 17.8 Å². The van der Waals surface area contributed by atoms with Crippen molar-refractivity contribution in [3.8, 4) is 0 Å². The molecule has 4 nitrogen and oxygen atoms in total. The lowest BCUT2D eigenvalue weighted by Gasteiger charge is -2.37. The molecule has 0 radical (unpaired) electrons. The first-order valence-electron chi connectivity index (χ1n) is 9.50. The number of fused-ring (bicyclic) bond motifs is 1. The van der Waals surface area contributed by atoms with Crippen LogP contribution in [0.15, 0.2) is 42.5 Å². The molecule has 140 valence electrons. The molecule has 2 aromatic carbocycles. The first-order chi connectivity index (χ1) is 13.1. The summed E-state index contributed by atoms with van der Waals surface area (Å²) in [6.45, 7) is 3.21. The van der Waals surface area contributed by atoms with E-state index in [1.807, 2.05) is 47.4 Å². The van der Waals surface area contributed by atoms with Crippen LogP contribution in [0, 0.1) is 5.92 Å². The number of hydrogen-bond acceptors (Lipinski definition) is 3. The molecule has 0 N–H and O–H groups in total. The third kappa shape index (κ3) is 3.86. The van der Waals surface area contributed by atoms with Crippen molar-refractivity contribution >= 4 is 29.5 Å². The number of benzene rings is 2. The molecular weight excluding hydrogens is 360 g/mol. The second-order valence-corrected chi connectivity index (χ2v) is 7.83.